The van der Waals surface area contributed by atoms with Crippen molar-refractivity contribution < 1.29 is 18.0 Å². The SMILES string of the molecule is C[C@@H](C(=O)Nc1ccc(S(N)(=O)=O)cc1)N1CCC(C(N)=O)CC1. The third kappa shape index (κ3) is 4.53. The van der Waals surface area contributed by atoms with Gasteiger partial charge >= 0.3 is 0 Å². The lowest BCUT2D eigenvalue weighted by Crippen LogP contribution is -2.47. The number of benzene rings is 1. The second-order valence-corrected chi connectivity index (χ2v) is 7.51. The van der Waals surface area contributed by atoms with Gasteiger partial charge in [0.15, 0.2) is 0 Å². The van der Waals surface area contributed by atoms with Crippen LogP contribution >= 0.6 is 0 Å². The van der Waals surface area contributed by atoms with Crippen molar-refractivity contribution in [1.82, 2.24) is 4.90 Å². The largest absolute Gasteiger partial charge is 0.369 e. The van der Waals surface area contributed by atoms with Crippen LogP contribution < -0.4 is 16.2 Å². The Morgan fingerprint density at radius 3 is 2.21 bits per heavy atom. The number of hydrogen-bond donors (Lipinski definition) is 3. The Bertz CT molecular complexity index is 709. The smallest absolute Gasteiger partial charge is 0.241 e. The molecule has 1 heterocycles. The van der Waals surface area contributed by atoms with Gasteiger partial charge in [-0.05, 0) is 57.1 Å². The Balaban J connectivity index is 1.93. The molecule has 1 fully saturated rings. The number of primary sulfonamides is 1. The van der Waals surface area contributed by atoms with E-state index in [4.69, 9.17) is 10.9 Å². The predicted molar refractivity (Wildman–Crippen MR) is 89.4 cm³/mol. The van der Waals surface area contributed by atoms with Crippen molar-refractivity contribution in [3.05, 3.63) is 24.3 Å². The molecule has 132 valence electrons. The first kappa shape index (κ1) is 18.4. The van der Waals surface area contributed by atoms with Crippen LogP contribution in [0.25, 0.3) is 0 Å². The van der Waals surface area contributed by atoms with Crippen LogP contribution in [0, 0.1) is 5.92 Å². The number of rotatable bonds is 5. The Kier molecular flexibility index (Phi) is 5.58. The zero-order chi connectivity index (χ0) is 17.9. The summed E-state index contributed by atoms with van der Waals surface area (Å²) in [6.07, 6.45) is 1.30. The topological polar surface area (TPSA) is 136 Å². The lowest BCUT2D eigenvalue weighted by molar-refractivity contribution is -0.124. The van der Waals surface area contributed by atoms with E-state index in [-0.39, 0.29) is 28.7 Å². The van der Waals surface area contributed by atoms with Gasteiger partial charge in [0.2, 0.25) is 21.8 Å². The molecule has 9 heteroatoms. The summed E-state index contributed by atoms with van der Waals surface area (Å²) >= 11 is 0. The maximum atomic E-state index is 12.3. The number of likely N-dealkylation sites (tertiary alicyclic amines) is 1. The van der Waals surface area contributed by atoms with E-state index in [0.29, 0.717) is 31.6 Å². The van der Waals surface area contributed by atoms with Gasteiger partial charge in [0.05, 0.1) is 10.9 Å². The number of amides is 2. The van der Waals surface area contributed by atoms with Crippen molar-refractivity contribution >= 4 is 27.5 Å². The molecule has 1 atom stereocenters. The first-order valence-corrected chi connectivity index (χ1v) is 9.20. The molecular formula is C15H22N4O4S. The van der Waals surface area contributed by atoms with Crippen LogP contribution in [0.15, 0.2) is 29.2 Å². The third-order valence-electron chi connectivity index (χ3n) is 4.31. The lowest BCUT2D eigenvalue weighted by Gasteiger charge is -2.34. The van der Waals surface area contributed by atoms with E-state index in [0.717, 1.165) is 0 Å². The molecule has 0 bridgehead atoms. The minimum atomic E-state index is -3.75. The first-order chi connectivity index (χ1) is 11.2. The fraction of sp³-hybridized carbons (Fsp3) is 0.467. The molecule has 0 unspecified atom stereocenters. The molecule has 1 saturated heterocycles. The molecule has 1 aliphatic heterocycles. The van der Waals surface area contributed by atoms with E-state index in [1.54, 1.807) is 6.92 Å². The fourth-order valence-electron chi connectivity index (χ4n) is 2.71. The number of nitrogens with one attached hydrogen (secondary N) is 1. The lowest BCUT2D eigenvalue weighted by atomic mass is 9.95. The summed E-state index contributed by atoms with van der Waals surface area (Å²) in [5, 5.41) is 7.78. The minimum Gasteiger partial charge on any atom is -0.369 e. The standard InChI is InChI=1S/C15H22N4O4S/c1-10(19-8-6-11(7-9-19)14(16)20)15(21)18-12-2-4-13(5-3-12)24(17,22)23/h2-5,10-11H,6-9H2,1H3,(H2,16,20)(H,18,21)(H2,17,22,23)/t10-/m0/s1. The van der Waals surface area contributed by atoms with Crippen molar-refractivity contribution in [1.29, 1.82) is 0 Å². The van der Waals surface area contributed by atoms with Crippen molar-refractivity contribution in [3.63, 3.8) is 0 Å². The number of hydrogen-bond acceptors (Lipinski definition) is 5. The molecule has 1 aromatic rings. The summed E-state index contributed by atoms with van der Waals surface area (Å²) in [6.45, 7) is 3.05. The van der Waals surface area contributed by atoms with Gasteiger partial charge < -0.3 is 11.1 Å². The van der Waals surface area contributed by atoms with E-state index in [2.05, 4.69) is 5.32 Å². The summed E-state index contributed by atoms with van der Waals surface area (Å²) in [4.78, 5) is 25.5. The molecule has 1 aromatic carbocycles. The molecule has 0 aliphatic carbocycles. The minimum absolute atomic E-state index is 0.0120. The first-order valence-electron chi connectivity index (χ1n) is 7.65. The number of sulfonamides is 1. The Hall–Kier alpha value is -1.97. The highest BCUT2D eigenvalue weighted by Crippen LogP contribution is 2.19. The van der Waals surface area contributed by atoms with Crippen LogP contribution in [0.2, 0.25) is 0 Å². The highest BCUT2D eigenvalue weighted by atomic mass is 32.2. The van der Waals surface area contributed by atoms with E-state index in [1.165, 1.54) is 24.3 Å². The highest BCUT2D eigenvalue weighted by molar-refractivity contribution is 7.89. The van der Waals surface area contributed by atoms with Crippen molar-refractivity contribution in [2.75, 3.05) is 18.4 Å². The maximum absolute atomic E-state index is 12.3. The highest BCUT2D eigenvalue weighted by Gasteiger charge is 2.28. The number of carbonyl (C=O) groups is 2. The average molecular weight is 354 g/mol. The monoisotopic (exact) mass is 354 g/mol. The second-order valence-electron chi connectivity index (χ2n) is 5.95. The fourth-order valence-corrected chi connectivity index (χ4v) is 3.23. The van der Waals surface area contributed by atoms with E-state index in [1.807, 2.05) is 4.90 Å². The maximum Gasteiger partial charge on any atom is 0.241 e. The van der Waals surface area contributed by atoms with E-state index in [9.17, 15) is 18.0 Å². The summed E-state index contributed by atoms with van der Waals surface area (Å²) in [6, 6.07) is 5.30. The molecule has 0 saturated carbocycles. The second kappa shape index (κ2) is 7.29. The van der Waals surface area contributed by atoms with Crippen LogP contribution in [0.4, 0.5) is 5.69 Å². The Labute approximate surface area is 141 Å². The summed E-state index contributed by atoms with van der Waals surface area (Å²) in [5.74, 6) is -0.611. The van der Waals surface area contributed by atoms with Crippen molar-refractivity contribution in [2.24, 2.45) is 16.8 Å². The van der Waals surface area contributed by atoms with Gasteiger partial charge in [-0.1, -0.05) is 0 Å². The van der Waals surface area contributed by atoms with Crippen molar-refractivity contribution in [2.45, 2.75) is 30.7 Å². The molecule has 24 heavy (non-hydrogen) atoms. The molecule has 0 aromatic heterocycles. The van der Waals surface area contributed by atoms with Gasteiger partial charge in [-0.25, -0.2) is 13.6 Å². The molecule has 0 radical (unpaired) electrons. The normalized spacial score (nSPS) is 18.1. The number of piperidine rings is 1. The van der Waals surface area contributed by atoms with Gasteiger partial charge in [-0.3, -0.25) is 14.5 Å². The molecule has 8 nitrogen and oxygen atoms in total. The van der Waals surface area contributed by atoms with Crippen LogP contribution in [-0.2, 0) is 19.6 Å². The number of nitrogens with two attached hydrogens (primary N) is 2. The summed E-state index contributed by atoms with van der Waals surface area (Å²) in [5.41, 5.74) is 5.80. The molecule has 2 rings (SSSR count). The number of primary amides is 1. The summed E-state index contributed by atoms with van der Waals surface area (Å²) < 4.78 is 22.4. The third-order valence-corrected chi connectivity index (χ3v) is 5.24. The average Bonchev–Trinajstić information content (AvgIpc) is 2.54. The van der Waals surface area contributed by atoms with Gasteiger partial charge in [-0.2, -0.15) is 0 Å². The van der Waals surface area contributed by atoms with Gasteiger partial charge in [0.1, 0.15) is 0 Å². The molecule has 0 spiro atoms. The van der Waals surface area contributed by atoms with E-state index < -0.39 is 10.0 Å². The van der Waals surface area contributed by atoms with Gasteiger partial charge in [0.25, 0.3) is 0 Å². The zero-order valence-electron chi connectivity index (χ0n) is 13.4. The van der Waals surface area contributed by atoms with Crippen LogP contribution in [0.5, 0.6) is 0 Å². The van der Waals surface area contributed by atoms with Gasteiger partial charge in [0, 0.05) is 11.6 Å². The predicted octanol–water partition coefficient (Wildman–Crippen LogP) is -0.142. The molecule has 1 aliphatic rings. The quantitative estimate of drug-likeness (QED) is 0.676. The van der Waals surface area contributed by atoms with E-state index >= 15 is 0 Å². The van der Waals surface area contributed by atoms with Crippen LogP contribution in [-0.4, -0.2) is 44.3 Å². The van der Waals surface area contributed by atoms with Crippen LogP contribution in [0.3, 0.4) is 0 Å². The summed E-state index contributed by atoms with van der Waals surface area (Å²) in [7, 11) is -3.75. The zero-order valence-corrected chi connectivity index (χ0v) is 14.3. The molecule has 5 N–H and O–H groups in total. The number of anilines is 1. The van der Waals surface area contributed by atoms with Crippen LogP contribution in [0.1, 0.15) is 19.8 Å². The Morgan fingerprint density at radius 2 is 1.75 bits per heavy atom. The Morgan fingerprint density at radius 1 is 1.21 bits per heavy atom. The number of nitrogens with zero attached hydrogens (tertiary/aromatic N) is 1. The van der Waals surface area contributed by atoms with Crippen molar-refractivity contribution in [3.8, 4) is 0 Å². The molecular weight excluding hydrogens is 332 g/mol. The number of carbonyl (C=O) groups excluding carboxylic acids is 2. The van der Waals surface area contributed by atoms with Gasteiger partial charge in [-0.15, -0.1) is 0 Å². The molecule has 2 amide bonds.